The van der Waals surface area contributed by atoms with Gasteiger partial charge in [-0.15, -0.1) is 0 Å². The van der Waals surface area contributed by atoms with Crippen LogP contribution in [0.15, 0.2) is 453 Å². The maximum Gasteiger partial charge on any atom is 0.150 e. The molecule has 18 aromatic carbocycles. The molecule has 0 radical (unpaired) electrons. The van der Waals surface area contributed by atoms with Crippen molar-refractivity contribution in [2.24, 2.45) is 0 Å². The highest BCUT2D eigenvalue weighted by Gasteiger charge is 2.28. The van der Waals surface area contributed by atoms with Crippen LogP contribution in [-0.4, -0.2) is 71.2 Å². The quantitative estimate of drug-likeness (QED) is 0.0286. The molecular formula is C136H147BrN10O3. The predicted molar refractivity (Wildman–Crippen MR) is 651 cm³/mol. The van der Waals surface area contributed by atoms with Crippen LogP contribution in [0.25, 0.3) is 0 Å². The van der Waals surface area contributed by atoms with E-state index in [1.165, 1.54) is 78.4 Å². The number of aryl methyl sites for hydroxylation is 4. The second-order valence-corrected chi connectivity index (χ2v) is 37.2. The lowest BCUT2D eigenvalue weighted by Gasteiger charge is -2.30. The molecule has 0 aliphatic carbocycles. The van der Waals surface area contributed by atoms with Crippen molar-refractivity contribution >= 4 is 149 Å². The Morgan fingerprint density at radius 3 is 0.573 bits per heavy atom. The van der Waals surface area contributed by atoms with Gasteiger partial charge in [0.05, 0.1) is 0 Å². The summed E-state index contributed by atoms with van der Waals surface area (Å²) in [6, 6.07) is 157. The first kappa shape index (κ1) is 112. The van der Waals surface area contributed by atoms with Gasteiger partial charge in [-0.3, -0.25) is 14.4 Å². The first-order valence-corrected chi connectivity index (χ1v) is 52.0. The molecule has 0 fully saturated rings. The van der Waals surface area contributed by atoms with Crippen LogP contribution in [0.5, 0.6) is 0 Å². The lowest BCUT2D eigenvalue weighted by Crippen LogP contribution is -2.22. The molecule has 0 amide bonds. The Morgan fingerprint density at radius 1 is 0.213 bits per heavy atom. The van der Waals surface area contributed by atoms with Crippen molar-refractivity contribution in [2.75, 3.05) is 102 Å². The lowest BCUT2D eigenvalue weighted by molar-refractivity contribution is 0.111. The number of carbonyl (C=O) groups is 3. The van der Waals surface area contributed by atoms with Crippen molar-refractivity contribution in [1.29, 1.82) is 0 Å². The second kappa shape index (κ2) is 55.8. The SMILES string of the molecule is C.C.C.CCN(CC)c1ccc(C(c2ccc(N(c3ccccc3)c3ccc(N(c4ccccc4)c4ccc(C(c5ccc(N(CC)CC)cc5C)c5ccc(N(CC)CC)cc5C)cc4)cc3)cc2)c2ccc(N(CC)CC)cc2C)c(C)c1.O=Cc1ccc(Br)cc1.O=Cc1ccc(N(c2ccccc2)c2ccc(N(c3ccccc3)c3ccc(C=O)cc3)cc2)cc1.[2HH].c1ccc(Nc2ccc(Nc3ccccc3)cc2)cc1. The Bertz CT molecular complexity index is 6640. The highest BCUT2D eigenvalue weighted by atomic mass is 79.9. The van der Waals surface area contributed by atoms with Crippen LogP contribution in [0.3, 0.4) is 0 Å². The summed E-state index contributed by atoms with van der Waals surface area (Å²) in [6.45, 7) is 34.9. The predicted octanol–water partition coefficient (Wildman–Crippen LogP) is 37.4. The number of hydrogen-bond acceptors (Lipinski definition) is 13. The summed E-state index contributed by atoms with van der Waals surface area (Å²) in [5.74, 6) is 0.112. The average Bonchev–Trinajstić information content (AvgIpc) is 0.774. The highest BCUT2D eigenvalue weighted by molar-refractivity contribution is 9.10. The average molecular weight is 2050 g/mol. The Balaban J connectivity index is 0.000000253. The van der Waals surface area contributed by atoms with E-state index in [0.717, 1.165) is 167 Å². The van der Waals surface area contributed by atoms with E-state index in [0.29, 0.717) is 16.7 Å². The van der Waals surface area contributed by atoms with Crippen LogP contribution < -0.4 is 49.8 Å². The molecule has 0 heterocycles. The maximum atomic E-state index is 11.2. The van der Waals surface area contributed by atoms with Crippen LogP contribution in [0, 0.1) is 27.7 Å². The number of benzene rings is 18. The van der Waals surface area contributed by atoms with Crippen LogP contribution in [0.2, 0.25) is 0 Å². The topological polar surface area (TPSA) is 101 Å². The molecule has 0 saturated carbocycles. The standard InChI is InChI=1S/C76H88N6.C32H24N2O2.C18H16N2.C7H5BrO.3CH4.H2/c1-13-77(14-2)67-43-47-71(55(9)51-67)75(72-48-44-68(52-56(72)10)78(15-3)16-4)59-31-35-63(36-32-59)81(61-27-23-21-24-28-61)65-39-41-66(42-40-65)82(62-29-25-22-26-30-62)64-37-33-60(34-38-64)76(73-49-45-69(53-57(73)11)79(17-5)18-6)74-50-46-70(54-58(74)12)80(19-7)20-8;35-23-25-11-15-29(16-12-25)33(27-7-3-1-4-8-27)31-19-21-32(22-20-31)34(28-9-5-2-6-10-28)30-17-13-26(24-36)14-18-30;1-3-7-15(8-4-1)19-17-11-13-18(14-12-17)20-16-9-5-2-6-10-16;8-7-3-1-6(5-9)2-4-7;;;;/h21-54,75-76H,13-20H2,1-12H3;1-24H;1-14,19-20H;1-5H;3*1H4;1H/i;;;;;;;1+1. The van der Waals surface area contributed by atoms with Crippen LogP contribution in [0.1, 0.15) is 178 Å². The summed E-state index contributed by atoms with van der Waals surface area (Å²) in [4.78, 5) is 51.2. The summed E-state index contributed by atoms with van der Waals surface area (Å²) < 4.78 is 0.994. The summed E-state index contributed by atoms with van der Waals surface area (Å²) in [5, 5.41) is 6.73. The summed E-state index contributed by atoms with van der Waals surface area (Å²) in [7, 11) is 0. The van der Waals surface area contributed by atoms with Gasteiger partial charge in [-0.05, 0) is 418 Å². The van der Waals surface area contributed by atoms with E-state index in [-0.39, 0.29) is 35.5 Å². The highest BCUT2D eigenvalue weighted by Crippen LogP contribution is 2.47. The third-order valence-corrected chi connectivity index (χ3v) is 27.7. The van der Waals surface area contributed by atoms with E-state index in [2.05, 4.69) is 452 Å². The molecule has 14 heteroatoms. The first-order chi connectivity index (χ1) is 72.0. The summed E-state index contributed by atoms with van der Waals surface area (Å²) in [6.07, 6.45) is 2.53. The van der Waals surface area contributed by atoms with Gasteiger partial charge in [-0.25, -0.2) is 0 Å². The zero-order chi connectivity index (χ0) is 103. The van der Waals surface area contributed by atoms with Crippen molar-refractivity contribution in [3.8, 4) is 0 Å². The molecule has 18 aromatic rings. The van der Waals surface area contributed by atoms with Crippen molar-refractivity contribution < 1.29 is 15.8 Å². The molecule has 0 saturated heterocycles. The molecule has 13 nitrogen and oxygen atoms in total. The molecule has 0 bridgehead atoms. The van der Waals surface area contributed by atoms with Gasteiger partial charge in [0.25, 0.3) is 0 Å². The monoisotopic (exact) mass is 2050 g/mol. The number of rotatable bonds is 37. The fraction of sp³-hybridized carbons (Fsp3) is 0.184. The van der Waals surface area contributed by atoms with Gasteiger partial charge >= 0.3 is 0 Å². The summed E-state index contributed by atoms with van der Waals surface area (Å²) >= 11 is 3.26. The van der Waals surface area contributed by atoms with Crippen molar-refractivity contribution in [2.45, 2.75) is 117 Å². The number of para-hydroxylation sites is 6. The minimum absolute atomic E-state index is 0. The molecule has 0 atom stereocenters. The van der Waals surface area contributed by atoms with Gasteiger partial charge in [-0.1, -0.05) is 208 Å². The molecule has 0 aromatic heterocycles. The smallest absolute Gasteiger partial charge is 0.150 e. The molecule has 18 rings (SSSR count). The van der Waals surface area contributed by atoms with Gasteiger partial charge < -0.3 is 49.8 Å². The molecule has 2 N–H and O–H groups in total. The van der Waals surface area contributed by atoms with E-state index in [1.54, 1.807) is 12.1 Å². The number of nitrogens with zero attached hydrogens (tertiary/aromatic N) is 8. The number of aldehydes is 3. The lowest BCUT2D eigenvalue weighted by atomic mass is 9.81. The number of halogens is 1. The number of hydrogen-bond donors (Lipinski definition) is 2. The van der Waals surface area contributed by atoms with Crippen LogP contribution in [-0.2, 0) is 0 Å². The maximum absolute atomic E-state index is 11.2. The second-order valence-electron chi connectivity index (χ2n) is 36.3. The molecule has 0 spiro atoms. The number of anilines is 20. The summed E-state index contributed by atoms with van der Waals surface area (Å²) in [5.41, 5.74) is 37.1. The first-order valence-electron chi connectivity index (χ1n) is 51.2. The zero-order valence-electron chi connectivity index (χ0n) is 86.4. The molecule has 0 aliphatic heterocycles. The Morgan fingerprint density at radius 2 is 0.380 bits per heavy atom. The van der Waals surface area contributed by atoms with Gasteiger partial charge in [0, 0.05) is 201 Å². The van der Waals surface area contributed by atoms with Crippen LogP contribution in [0.4, 0.5) is 114 Å². The van der Waals surface area contributed by atoms with E-state index in [9.17, 15) is 14.4 Å². The van der Waals surface area contributed by atoms with E-state index < -0.39 is 0 Å². The molecule has 766 valence electrons. The van der Waals surface area contributed by atoms with Gasteiger partial charge in [0.2, 0.25) is 0 Å². The van der Waals surface area contributed by atoms with Crippen molar-refractivity contribution in [3.63, 3.8) is 0 Å². The van der Waals surface area contributed by atoms with E-state index in [1.807, 2.05) is 133 Å². The van der Waals surface area contributed by atoms with Crippen molar-refractivity contribution in [3.05, 3.63) is 526 Å². The number of carbonyl (C=O) groups excluding carboxylic acids is 3. The van der Waals surface area contributed by atoms with E-state index >= 15 is 0 Å². The van der Waals surface area contributed by atoms with Gasteiger partial charge in [0.1, 0.15) is 18.9 Å². The third-order valence-electron chi connectivity index (χ3n) is 27.1. The molecule has 0 aliphatic rings. The molecule has 0 unspecified atom stereocenters. The Kier molecular flexibility index (Phi) is 41.8. The fourth-order valence-electron chi connectivity index (χ4n) is 19.3. The minimum Gasteiger partial charge on any atom is -0.372 e. The van der Waals surface area contributed by atoms with E-state index in [4.69, 9.17) is 0 Å². The Hall–Kier alpha value is -16.6. The van der Waals surface area contributed by atoms with Crippen LogP contribution >= 0.6 is 15.9 Å². The largest absolute Gasteiger partial charge is 0.372 e. The van der Waals surface area contributed by atoms with Gasteiger partial charge in [-0.2, -0.15) is 0 Å². The zero-order valence-corrected chi connectivity index (χ0v) is 88.0. The number of nitrogens with one attached hydrogen (secondary N) is 2. The minimum atomic E-state index is 0. The Labute approximate surface area is 903 Å². The normalized spacial score (nSPS) is 10.6. The molecular weight excluding hydrogens is 1900 g/mol. The van der Waals surface area contributed by atoms with Crippen molar-refractivity contribution in [1.82, 2.24) is 0 Å². The fourth-order valence-corrected chi connectivity index (χ4v) is 19.6. The third kappa shape index (κ3) is 28.2. The van der Waals surface area contributed by atoms with Gasteiger partial charge in [0.15, 0.2) is 0 Å². The molecule has 150 heavy (non-hydrogen) atoms.